The fourth-order valence-corrected chi connectivity index (χ4v) is 1.67. The standard InChI is InChI=1S/C8H9BrN2/c9-8-7(3-1-4-10-8)11-5-2-6-11/h1,3-4H,2,5-6H2. The maximum absolute atomic E-state index is 4.16. The van der Waals surface area contributed by atoms with Crippen LogP contribution in [0.5, 0.6) is 0 Å². The van der Waals surface area contributed by atoms with Gasteiger partial charge < -0.3 is 4.90 Å². The largest absolute Gasteiger partial charge is 0.369 e. The molecule has 0 amide bonds. The van der Waals surface area contributed by atoms with Crippen molar-refractivity contribution in [2.75, 3.05) is 18.0 Å². The van der Waals surface area contributed by atoms with Crippen molar-refractivity contribution in [1.29, 1.82) is 0 Å². The number of halogens is 1. The van der Waals surface area contributed by atoms with E-state index in [1.807, 2.05) is 6.07 Å². The van der Waals surface area contributed by atoms with E-state index in [9.17, 15) is 0 Å². The topological polar surface area (TPSA) is 16.1 Å². The van der Waals surface area contributed by atoms with Crippen molar-refractivity contribution in [3.8, 4) is 0 Å². The van der Waals surface area contributed by atoms with Crippen LogP contribution in [0.1, 0.15) is 6.42 Å². The number of hydrogen-bond acceptors (Lipinski definition) is 2. The Balaban J connectivity index is 2.28. The number of nitrogens with zero attached hydrogens (tertiary/aromatic N) is 2. The average Bonchev–Trinajstić information content (AvgIpc) is 1.90. The Hall–Kier alpha value is -0.570. The first kappa shape index (κ1) is 7.10. The fourth-order valence-electron chi connectivity index (χ4n) is 1.17. The molecule has 0 bridgehead atoms. The molecular weight excluding hydrogens is 204 g/mol. The summed E-state index contributed by atoms with van der Waals surface area (Å²) < 4.78 is 0.958. The summed E-state index contributed by atoms with van der Waals surface area (Å²) in [7, 11) is 0. The molecule has 0 saturated carbocycles. The first-order valence-electron chi connectivity index (χ1n) is 3.73. The molecule has 3 heteroatoms. The number of anilines is 1. The van der Waals surface area contributed by atoms with Gasteiger partial charge in [-0.1, -0.05) is 0 Å². The zero-order valence-electron chi connectivity index (χ0n) is 6.13. The van der Waals surface area contributed by atoms with Crippen molar-refractivity contribution in [2.45, 2.75) is 6.42 Å². The van der Waals surface area contributed by atoms with E-state index in [4.69, 9.17) is 0 Å². The Labute approximate surface area is 74.4 Å². The van der Waals surface area contributed by atoms with Gasteiger partial charge in [0.05, 0.1) is 5.69 Å². The molecule has 1 aliphatic rings. The van der Waals surface area contributed by atoms with Gasteiger partial charge in [-0.25, -0.2) is 4.98 Å². The molecule has 11 heavy (non-hydrogen) atoms. The SMILES string of the molecule is Brc1ncccc1N1CCC1. The third-order valence-corrected chi connectivity index (χ3v) is 2.55. The van der Waals surface area contributed by atoms with Crippen LogP contribution in [0.25, 0.3) is 0 Å². The summed E-state index contributed by atoms with van der Waals surface area (Å²) in [6.45, 7) is 2.34. The van der Waals surface area contributed by atoms with E-state index >= 15 is 0 Å². The van der Waals surface area contributed by atoms with E-state index in [1.165, 1.54) is 25.2 Å². The molecule has 0 spiro atoms. The molecule has 0 unspecified atom stereocenters. The van der Waals surface area contributed by atoms with Crippen LogP contribution in [0.15, 0.2) is 22.9 Å². The average molecular weight is 213 g/mol. The van der Waals surface area contributed by atoms with Gasteiger partial charge >= 0.3 is 0 Å². The van der Waals surface area contributed by atoms with Crippen LogP contribution in [0.3, 0.4) is 0 Å². The highest BCUT2D eigenvalue weighted by Crippen LogP contribution is 2.26. The molecule has 1 saturated heterocycles. The molecule has 1 aromatic rings. The maximum Gasteiger partial charge on any atom is 0.129 e. The highest BCUT2D eigenvalue weighted by Gasteiger charge is 2.16. The zero-order valence-corrected chi connectivity index (χ0v) is 7.71. The van der Waals surface area contributed by atoms with Crippen molar-refractivity contribution in [2.24, 2.45) is 0 Å². The summed E-state index contributed by atoms with van der Waals surface area (Å²) in [5.41, 5.74) is 1.22. The van der Waals surface area contributed by atoms with Gasteiger partial charge in [-0.15, -0.1) is 0 Å². The van der Waals surface area contributed by atoms with E-state index in [-0.39, 0.29) is 0 Å². The summed E-state index contributed by atoms with van der Waals surface area (Å²) in [5.74, 6) is 0. The first-order valence-corrected chi connectivity index (χ1v) is 4.53. The normalized spacial score (nSPS) is 16.3. The second-order valence-corrected chi connectivity index (χ2v) is 3.41. The van der Waals surface area contributed by atoms with Crippen molar-refractivity contribution >= 4 is 21.6 Å². The van der Waals surface area contributed by atoms with E-state index in [0.717, 1.165) is 4.60 Å². The smallest absolute Gasteiger partial charge is 0.129 e. The van der Waals surface area contributed by atoms with Crippen LogP contribution in [0.4, 0.5) is 5.69 Å². The number of rotatable bonds is 1. The molecule has 0 aromatic carbocycles. The second-order valence-electron chi connectivity index (χ2n) is 2.65. The zero-order chi connectivity index (χ0) is 7.68. The molecule has 58 valence electrons. The van der Waals surface area contributed by atoms with Crippen LogP contribution in [-0.4, -0.2) is 18.1 Å². The molecule has 1 aliphatic heterocycles. The molecule has 2 heterocycles. The molecule has 2 nitrogen and oxygen atoms in total. The Bertz CT molecular complexity index is 258. The lowest BCUT2D eigenvalue weighted by atomic mass is 10.2. The molecule has 1 aromatic heterocycles. The summed E-state index contributed by atoms with van der Waals surface area (Å²) >= 11 is 3.42. The van der Waals surface area contributed by atoms with Crippen molar-refractivity contribution in [3.05, 3.63) is 22.9 Å². The van der Waals surface area contributed by atoms with Gasteiger partial charge in [-0.3, -0.25) is 0 Å². The predicted octanol–water partition coefficient (Wildman–Crippen LogP) is 2.05. The monoisotopic (exact) mass is 212 g/mol. The van der Waals surface area contributed by atoms with Crippen LogP contribution in [0, 0.1) is 0 Å². The van der Waals surface area contributed by atoms with E-state index in [1.54, 1.807) is 6.20 Å². The minimum absolute atomic E-state index is 0.958. The summed E-state index contributed by atoms with van der Waals surface area (Å²) in [5, 5.41) is 0. The van der Waals surface area contributed by atoms with Gasteiger partial charge in [0.1, 0.15) is 4.60 Å². The van der Waals surface area contributed by atoms with Gasteiger partial charge in [0, 0.05) is 19.3 Å². The van der Waals surface area contributed by atoms with Crippen LogP contribution < -0.4 is 4.90 Å². The van der Waals surface area contributed by atoms with Crippen molar-refractivity contribution in [3.63, 3.8) is 0 Å². The summed E-state index contributed by atoms with van der Waals surface area (Å²) in [6, 6.07) is 4.06. The highest BCUT2D eigenvalue weighted by molar-refractivity contribution is 9.10. The molecule has 0 aliphatic carbocycles. The Morgan fingerprint density at radius 2 is 2.27 bits per heavy atom. The predicted molar refractivity (Wildman–Crippen MR) is 48.8 cm³/mol. The van der Waals surface area contributed by atoms with Crippen LogP contribution in [0.2, 0.25) is 0 Å². The van der Waals surface area contributed by atoms with Crippen molar-refractivity contribution < 1.29 is 0 Å². The Kier molecular flexibility index (Phi) is 1.82. The second kappa shape index (κ2) is 2.81. The molecule has 1 fully saturated rings. The molecule has 2 rings (SSSR count). The van der Waals surface area contributed by atoms with E-state index < -0.39 is 0 Å². The fraction of sp³-hybridized carbons (Fsp3) is 0.375. The number of hydrogen-bond donors (Lipinski definition) is 0. The molecular formula is C8H9BrN2. The lowest BCUT2D eigenvalue weighted by Crippen LogP contribution is -2.37. The van der Waals surface area contributed by atoms with Gasteiger partial charge in [-0.05, 0) is 34.5 Å². The van der Waals surface area contributed by atoms with E-state index in [2.05, 4.69) is 31.9 Å². The summed E-state index contributed by atoms with van der Waals surface area (Å²) in [4.78, 5) is 6.47. The quantitative estimate of drug-likeness (QED) is 0.663. The third-order valence-electron chi connectivity index (χ3n) is 1.94. The third kappa shape index (κ3) is 1.25. The van der Waals surface area contributed by atoms with Crippen molar-refractivity contribution in [1.82, 2.24) is 4.98 Å². The van der Waals surface area contributed by atoms with Gasteiger partial charge in [0.25, 0.3) is 0 Å². The minimum atomic E-state index is 0.958. The van der Waals surface area contributed by atoms with Crippen LogP contribution in [-0.2, 0) is 0 Å². The molecule has 0 N–H and O–H groups in total. The molecule has 0 atom stereocenters. The lowest BCUT2D eigenvalue weighted by Gasteiger charge is -2.33. The maximum atomic E-state index is 4.16. The van der Waals surface area contributed by atoms with E-state index in [0.29, 0.717) is 0 Å². The Morgan fingerprint density at radius 3 is 2.82 bits per heavy atom. The highest BCUT2D eigenvalue weighted by atomic mass is 79.9. The molecule has 0 radical (unpaired) electrons. The summed E-state index contributed by atoms with van der Waals surface area (Å²) in [6.07, 6.45) is 3.11. The number of pyridine rings is 1. The first-order chi connectivity index (χ1) is 5.38. The van der Waals surface area contributed by atoms with Gasteiger partial charge in [0.2, 0.25) is 0 Å². The van der Waals surface area contributed by atoms with Gasteiger partial charge in [-0.2, -0.15) is 0 Å². The lowest BCUT2D eigenvalue weighted by molar-refractivity contribution is 0.615. The Morgan fingerprint density at radius 1 is 1.45 bits per heavy atom. The number of aromatic nitrogens is 1. The minimum Gasteiger partial charge on any atom is -0.369 e. The van der Waals surface area contributed by atoms with Gasteiger partial charge in [0.15, 0.2) is 0 Å². The van der Waals surface area contributed by atoms with Crippen LogP contribution >= 0.6 is 15.9 Å².